The normalized spacial score (nSPS) is 19.7. The molecule has 0 aromatic rings. The number of hydrogen-bond acceptors (Lipinski definition) is 5. The molecule has 1 aliphatic rings. The lowest BCUT2D eigenvalue weighted by Gasteiger charge is -2.32. The fourth-order valence-electron chi connectivity index (χ4n) is 2.43. The first-order chi connectivity index (χ1) is 9.06. The third kappa shape index (κ3) is 5.34. The maximum atomic E-state index is 8.70. The Labute approximate surface area is 115 Å². The van der Waals surface area contributed by atoms with Crippen molar-refractivity contribution in [3.63, 3.8) is 0 Å². The van der Waals surface area contributed by atoms with Crippen LogP contribution in [-0.4, -0.2) is 62.5 Å². The first-order valence-corrected chi connectivity index (χ1v) is 6.75. The molecule has 1 atom stereocenters. The molecule has 6 nitrogen and oxygen atoms in total. The van der Waals surface area contributed by atoms with Crippen LogP contribution in [0.15, 0.2) is 5.16 Å². The van der Waals surface area contributed by atoms with Crippen LogP contribution in [0.3, 0.4) is 0 Å². The van der Waals surface area contributed by atoms with Crippen molar-refractivity contribution in [2.75, 3.05) is 40.5 Å². The summed E-state index contributed by atoms with van der Waals surface area (Å²) in [4.78, 5) is 2.37. The highest BCUT2D eigenvalue weighted by Crippen LogP contribution is 2.49. The number of methoxy groups -OCH3 is 2. The molecule has 1 aliphatic carbocycles. The zero-order valence-electron chi connectivity index (χ0n) is 12.3. The number of amidine groups is 1. The summed E-state index contributed by atoms with van der Waals surface area (Å²) < 4.78 is 10.4. The van der Waals surface area contributed by atoms with E-state index in [-0.39, 0.29) is 5.41 Å². The molecule has 3 N–H and O–H groups in total. The minimum atomic E-state index is 0.173. The number of ether oxygens (including phenoxy) is 2. The Bertz CT molecular complexity index is 293. The molecule has 0 aromatic heterocycles. The van der Waals surface area contributed by atoms with Gasteiger partial charge in [0.05, 0.1) is 13.2 Å². The SMILES string of the molecule is COCCN(CC1(CC(N)=NO)CC1)C(C)COC. The number of nitrogens with zero attached hydrogens (tertiary/aromatic N) is 2. The lowest BCUT2D eigenvalue weighted by atomic mass is 10.00. The molecule has 0 saturated heterocycles. The highest BCUT2D eigenvalue weighted by atomic mass is 16.5. The van der Waals surface area contributed by atoms with Crippen molar-refractivity contribution in [2.24, 2.45) is 16.3 Å². The molecular weight excluding hydrogens is 246 g/mol. The van der Waals surface area contributed by atoms with Gasteiger partial charge in [-0.1, -0.05) is 5.16 Å². The van der Waals surface area contributed by atoms with E-state index < -0.39 is 0 Å². The number of oxime groups is 1. The van der Waals surface area contributed by atoms with Gasteiger partial charge in [-0.25, -0.2) is 0 Å². The van der Waals surface area contributed by atoms with Crippen LogP contribution in [0.4, 0.5) is 0 Å². The molecule has 0 heterocycles. The van der Waals surface area contributed by atoms with E-state index in [0.717, 1.165) is 25.9 Å². The summed E-state index contributed by atoms with van der Waals surface area (Å²) in [5, 5.41) is 11.8. The predicted molar refractivity (Wildman–Crippen MR) is 74.5 cm³/mol. The summed E-state index contributed by atoms with van der Waals surface area (Å²) in [5.74, 6) is 0.323. The minimum absolute atomic E-state index is 0.173. The first-order valence-electron chi connectivity index (χ1n) is 6.75. The van der Waals surface area contributed by atoms with Gasteiger partial charge < -0.3 is 20.4 Å². The van der Waals surface area contributed by atoms with E-state index in [1.807, 2.05) is 0 Å². The number of hydrogen-bond donors (Lipinski definition) is 2. The van der Waals surface area contributed by atoms with Gasteiger partial charge in [-0.15, -0.1) is 0 Å². The summed E-state index contributed by atoms with van der Waals surface area (Å²) in [6.07, 6.45) is 2.92. The average Bonchev–Trinajstić information content (AvgIpc) is 3.14. The maximum absolute atomic E-state index is 8.70. The van der Waals surface area contributed by atoms with Crippen LogP contribution in [0, 0.1) is 5.41 Å². The van der Waals surface area contributed by atoms with Crippen molar-refractivity contribution in [3.8, 4) is 0 Å². The standard InChI is InChI=1S/C13H27N3O3/c1-11(9-19-3)16(6-7-18-2)10-13(4-5-13)8-12(14)15-17/h11,17H,4-10H2,1-3H3,(H2,14,15). The van der Waals surface area contributed by atoms with Crippen molar-refractivity contribution in [1.82, 2.24) is 4.90 Å². The van der Waals surface area contributed by atoms with E-state index in [1.165, 1.54) is 0 Å². The van der Waals surface area contributed by atoms with E-state index >= 15 is 0 Å². The second-order valence-electron chi connectivity index (χ2n) is 5.54. The molecule has 112 valence electrons. The van der Waals surface area contributed by atoms with Gasteiger partial charge in [-0.2, -0.15) is 0 Å². The predicted octanol–water partition coefficient (Wildman–Crippen LogP) is 0.886. The van der Waals surface area contributed by atoms with Crippen molar-refractivity contribution in [2.45, 2.75) is 32.2 Å². The quantitative estimate of drug-likeness (QED) is 0.267. The smallest absolute Gasteiger partial charge is 0.139 e. The first kappa shape index (κ1) is 16.2. The van der Waals surface area contributed by atoms with Gasteiger partial charge in [0.2, 0.25) is 0 Å². The van der Waals surface area contributed by atoms with Gasteiger partial charge in [-0.05, 0) is 25.2 Å². The summed E-state index contributed by atoms with van der Waals surface area (Å²) in [5.41, 5.74) is 5.81. The molecule has 0 spiro atoms. The second-order valence-corrected chi connectivity index (χ2v) is 5.54. The molecule has 6 heteroatoms. The van der Waals surface area contributed by atoms with Crippen molar-refractivity contribution >= 4 is 5.84 Å². The zero-order valence-corrected chi connectivity index (χ0v) is 12.3. The van der Waals surface area contributed by atoms with Gasteiger partial charge in [0.25, 0.3) is 0 Å². The third-order valence-electron chi connectivity index (χ3n) is 3.79. The van der Waals surface area contributed by atoms with Crippen LogP contribution in [0.1, 0.15) is 26.2 Å². The molecule has 1 fully saturated rings. The van der Waals surface area contributed by atoms with Crippen molar-refractivity contribution in [1.29, 1.82) is 0 Å². The summed E-state index contributed by atoms with van der Waals surface area (Å²) >= 11 is 0. The Balaban J connectivity index is 2.55. The van der Waals surface area contributed by atoms with E-state index in [9.17, 15) is 0 Å². The Morgan fingerprint density at radius 2 is 2.11 bits per heavy atom. The van der Waals surface area contributed by atoms with E-state index in [2.05, 4.69) is 17.0 Å². The minimum Gasteiger partial charge on any atom is -0.409 e. The van der Waals surface area contributed by atoms with Gasteiger partial charge in [0.1, 0.15) is 5.84 Å². The Morgan fingerprint density at radius 3 is 2.58 bits per heavy atom. The van der Waals surface area contributed by atoms with Gasteiger partial charge in [0.15, 0.2) is 0 Å². The Hall–Kier alpha value is -0.850. The second kappa shape index (κ2) is 7.67. The molecular formula is C13H27N3O3. The van der Waals surface area contributed by atoms with E-state index in [0.29, 0.717) is 31.5 Å². The fourth-order valence-corrected chi connectivity index (χ4v) is 2.43. The summed E-state index contributed by atoms with van der Waals surface area (Å²) in [7, 11) is 3.43. The van der Waals surface area contributed by atoms with Crippen molar-refractivity contribution < 1.29 is 14.7 Å². The molecule has 0 amide bonds. The van der Waals surface area contributed by atoms with Crippen LogP contribution in [0.5, 0.6) is 0 Å². The molecule has 0 bridgehead atoms. The maximum Gasteiger partial charge on any atom is 0.139 e. The lowest BCUT2D eigenvalue weighted by Crippen LogP contribution is -2.42. The third-order valence-corrected chi connectivity index (χ3v) is 3.79. The summed E-state index contributed by atoms with van der Waals surface area (Å²) in [6, 6.07) is 0.338. The Morgan fingerprint density at radius 1 is 1.42 bits per heavy atom. The van der Waals surface area contributed by atoms with Crippen LogP contribution in [-0.2, 0) is 9.47 Å². The Kier molecular flexibility index (Phi) is 6.54. The highest BCUT2D eigenvalue weighted by molar-refractivity contribution is 5.80. The highest BCUT2D eigenvalue weighted by Gasteiger charge is 2.45. The lowest BCUT2D eigenvalue weighted by molar-refractivity contribution is 0.0623. The monoisotopic (exact) mass is 273 g/mol. The van der Waals surface area contributed by atoms with Crippen LogP contribution in [0.25, 0.3) is 0 Å². The van der Waals surface area contributed by atoms with Crippen LogP contribution >= 0.6 is 0 Å². The molecule has 1 unspecified atom stereocenters. The van der Waals surface area contributed by atoms with Gasteiger partial charge in [0, 0.05) is 39.8 Å². The average molecular weight is 273 g/mol. The molecule has 0 aliphatic heterocycles. The molecule has 1 rings (SSSR count). The largest absolute Gasteiger partial charge is 0.409 e. The number of nitrogens with two attached hydrogens (primary N) is 1. The molecule has 1 saturated carbocycles. The summed E-state index contributed by atoms with van der Waals surface area (Å²) in [6.45, 7) is 5.37. The van der Waals surface area contributed by atoms with Crippen LogP contribution in [0.2, 0.25) is 0 Å². The van der Waals surface area contributed by atoms with Crippen LogP contribution < -0.4 is 5.73 Å². The molecule has 0 aromatic carbocycles. The topological polar surface area (TPSA) is 80.3 Å². The van der Waals surface area contributed by atoms with Crippen molar-refractivity contribution in [3.05, 3.63) is 0 Å². The van der Waals surface area contributed by atoms with E-state index in [1.54, 1.807) is 14.2 Å². The zero-order chi connectivity index (χ0) is 14.3. The fraction of sp³-hybridized carbons (Fsp3) is 0.923. The van der Waals surface area contributed by atoms with Gasteiger partial charge in [-0.3, -0.25) is 4.90 Å². The van der Waals surface area contributed by atoms with E-state index in [4.69, 9.17) is 20.4 Å². The van der Waals surface area contributed by atoms with Gasteiger partial charge >= 0.3 is 0 Å². The molecule has 19 heavy (non-hydrogen) atoms. The number of rotatable bonds is 10. The molecule has 0 radical (unpaired) electrons.